The van der Waals surface area contributed by atoms with Crippen molar-refractivity contribution in [3.8, 4) is 0 Å². The predicted molar refractivity (Wildman–Crippen MR) is 358 cm³/mol. The Balaban J connectivity index is 5.21. The normalized spacial score (nSPS) is 14.6. The largest absolute Gasteiger partial charge is 0.472 e. The first kappa shape index (κ1) is 86.5. The summed E-state index contributed by atoms with van der Waals surface area (Å²) in [7, 11) is -9.90. The predicted octanol–water partition coefficient (Wildman–Crippen LogP) is 19.5. The van der Waals surface area contributed by atoms with Gasteiger partial charge in [-0.1, -0.05) is 278 Å². The lowest BCUT2D eigenvalue weighted by atomic mass is 9.99. The highest BCUT2D eigenvalue weighted by molar-refractivity contribution is 7.47. The number of allylic oxidation sites excluding steroid dienone is 4. The third kappa shape index (κ3) is 62.7. The number of phosphoric ester groups is 2. The number of hydrogen-bond donors (Lipinski definition) is 3. The maximum Gasteiger partial charge on any atom is 0.472 e. The lowest BCUT2D eigenvalue weighted by molar-refractivity contribution is -0.161. The summed E-state index contributed by atoms with van der Waals surface area (Å²) in [6, 6.07) is 0. The molecule has 0 aromatic heterocycles. The molecule has 6 atom stereocenters. The van der Waals surface area contributed by atoms with Gasteiger partial charge in [-0.25, -0.2) is 9.13 Å². The van der Waals surface area contributed by atoms with Crippen LogP contribution in [-0.2, 0) is 65.4 Å². The minimum atomic E-state index is -4.96. The van der Waals surface area contributed by atoms with Crippen molar-refractivity contribution < 1.29 is 80.2 Å². The fourth-order valence-corrected chi connectivity index (χ4v) is 11.6. The van der Waals surface area contributed by atoms with E-state index in [1.807, 2.05) is 0 Å². The summed E-state index contributed by atoms with van der Waals surface area (Å²) in [5, 5.41) is 10.6. The average Bonchev–Trinajstić information content (AvgIpc) is 3.68. The molecule has 3 N–H and O–H groups in total. The number of aliphatic hydroxyl groups is 1. The molecule has 89 heavy (non-hydrogen) atoms. The second-order valence-electron chi connectivity index (χ2n) is 25.3. The van der Waals surface area contributed by atoms with E-state index in [0.29, 0.717) is 25.7 Å². The standard InChI is InChI=1S/C70H132O17P2/c1-7-10-12-14-15-16-17-18-19-23-26-29-35-41-47-53-68(73)81-59-66(87-69(74)54-48-42-36-30-27-24-21-20-22-25-28-33-39-44-50-62(4)5)61-85-89(78,79)83-57-64(71)56-82-88(76,77)84-60-65(58-80-67(72)52-46-38-13-11-8-2)86-70(75)55-49-43-37-32-31-34-40-45-51-63(6)9-3/h16-19,62-66,71H,7-15,20-61H2,1-6H3,(H,76,77)(H,78,79)/b17-16-,19-18-/t63?,64-,65+,66+/m0/s1. The molecule has 0 fully saturated rings. The first-order valence-corrected chi connectivity index (χ1v) is 38.8. The van der Waals surface area contributed by atoms with E-state index < -0.39 is 97.5 Å². The smallest absolute Gasteiger partial charge is 0.462 e. The maximum atomic E-state index is 13.0. The second kappa shape index (κ2) is 61.7. The van der Waals surface area contributed by atoms with Gasteiger partial charge in [0.15, 0.2) is 12.2 Å². The van der Waals surface area contributed by atoms with Gasteiger partial charge in [0.2, 0.25) is 0 Å². The number of unbranched alkanes of at least 4 members (excludes halogenated alkanes) is 33. The van der Waals surface area contributed by atoms with Gasteiger partial charge >= 0.3 is 39.5 Å². The van der Waals surface area contributed by atoms with E-state index in [9.17, 15) is 43.2 Å². The molecule has 0 heterocycles. The number of carbonyl (C=O) groups is 4. The van der Waals surface area contributed by atoms with E-state index in [0.717, 1.165) is 127 Å². The number of carbonyl (C=O) groups excluding carboxylic acids is 4. The quantitative estimate of drug-likeness (QED) is 0.0169. The highest BCUT2D eigenvalue weighted by Gasteiger charge is 2.30. The lowest BCUT2D eigenvalue weighted by Gasteiger charge is -2.21. The van der Waals surface area contributed by atoms with Crippen LogP contribution >= 0.6 is 15.6 Å². The first-order chi connectivity index (χ1) is 42.9. The molecule has 0 aliphatic rings. The van der Waals surface area contributed by atoms with Crippen molar-refractivity contribution in [2.45, 2.75) is 349 Å². The molecule has 0 radical (unpaired) electrons. The Hall–Kier alpha value is -2.46. The number of phosphoric acid groups is 2. The van der Waals surface area contributed by atoms with Gasteiger partial charge in [-0.3, -0.25) is 37.3 Å². The van der Waals surface area contributed by atoms with E-state index in [2.05, 4.69) is 65.8 Å². The molecule has 0 saturated heterocycles. The minimum absolute atomic E-state index is 0.100. The molecule has 0 amide bonds. The first-order valence-electron chi connectivity index (χ1n) is 35.8. The Bertz CT molecular complexity index is 1830. The number of aliphatic hydroxyl groups excluding tert-OH is 1. The zero-order chi connectivity index (χ0) is 65.7. The van der Waals surface area contributed by atoms with E-state index in [4.69, 9.17) is 37.0 Å². The summed E-state index contributed by atoms with van der Waals surface area (Å²) in [6.45, 7) is 9.40. The summed E-state index contributed by atoms with van der Waals surface area (Å²) in [5.74, 6) is -0.606. The van der Waals surface area contributed by atoms with Crippen LogP contribution in [0.15, 0.2) is 24.3 Å². The van der Waals surface area contributed by atoms with Gasteiger partial charge in [0.1, 0.15) is 19.3 Å². The summed E-state index contributed by atoms with van der Waals surface area (Å²) in [4.78, 5) is 72.2. The summed E-state index contributed by atoms with van der Waals surface area (Å²) in [6.07, 6.45) is 49.7. The van der Waals surface area contributed by atoms with E-state index >= 15 is 0 Å². The molecular weight excluding hydrogens is 1170 g/mol. The van der Waals surface area contributed by atoms with Gasteiger partial charge < -0.3 is 33.8 Å². The Morgan fingerprint density at radius 2 is 0.663 bits per heavy atom. The molecule has 524 valence electrons. The fraction of sp³-hybridized carbons (Fsp3) is 0.886. The highest BCUT2D eigenvalue weighted by atomic mass is 31.2. The zero-order valence-electron chi connectivity index (χ0n) is 57.2. The molecule has 0 rings (SSSR count). The second-order valence-corrected chi connectivity index (χ2v) is 28.2. The van der Waals surface area contributed by atoms with Crippen LogP contribution in [0.4, 0.5) is 0 Å². The SMILES string of the molecule is CCCCCC/C=C\C=C/CCCCCCCC(=O)OC[C@H](COP(=O)(O)OC[C@@H](O)COP(=O)(O)OC[C@@H](COC(=O)CCCCCCC)OC(=O)CCCCCCCCCCC(C)CC)OC(=O)CCCCCCCCCCCCCCCCC(C)C. The van der Waals surface area contributed by atoms with Crippen LogP contribution in [0, 0.1) is 11.8 Å². The number of ether oxygens (including phenoxy) is 4. The van der Waals surface area contributed by atoms with Crippen LogP contribution in [0.5, 0.6) is 0 Å². The molecule has 0 aromatic rings. The Morgan fingerprint density at radius 3 is 1.01 bits per heavy atom. The monoisotopic (exact) mass is 1310 g/mol. The van der Waals surface area contributed by atoms with Crippen LogP contribution < -0.4 is 0 Å². The Labute approximate surface area is 542 Å². The van der Waals surface area contributed by atoms with Crippen molar-refractivity contribution in [3.63, 3.8) is 0 Å². The van der Waals surface area contributed by atoms with E-state index in [1.54, 1.807) is 0 Å². The molecule has 0 bridgehead atoms. The minimum Gasteiger partial charge on any atom is -0.462 e. The van der Waals surface area contributed by atoms with Crippen molar-refractivity contribution in [2.24, 2.45) is 11.8 Å². The summed E-state index contributed by atoms with van der Waals surface area (Å²) in [5.41, 5.74) is 0. The molecule has 0 aliphatic carbocycles. The van der Waals surface area contributed by atoms with Gasteiger partial charge in [-0.05, 0) is 63.2 Å². The topological polar surface area (TPSA) is 237 Å². The molecular formula is C70H132O17P2. The molecule has 0 aromatic carbocycles. The van der Waals surface area contributed by atoms with Gasteiger partial charge in [0.25, 0.3) is 0 Å². The van der Waals surface area contributed by atoms with Crippen LogP contribution in [0.3, 0.4) is 0 Å². The maximum absolute atomic E-state index is 13.0. The molecule has 19 heteroatoms. The van der Waals surface area contributed by atoms with Crippen molar-refractivity contribution >= 4 is 39.5 Å². The van der Waals surface area contributed by atoms with E-state index in [1.165, 1.54) is 122 Å². The summed E-state index contributed by atoms with van der Waals surface area (Å²) < 4.78 is 68.0. The van der Waals surface area contributed by atoms with Gasteiger partial charge in [-0.2, -0.15) is 0 Å². The third-order valence-electron chi connectivity index (χ3n) is 15.9. The van der Waals surface area contributed by atoms with Crippen molar-refractivity contribution in [1.82, 2.24) is 0 Å². The van der Waals surface area contributed by atoms with Crippen LogP contribution in [-0.4, -0.2) is 96.7 Å². The van der Waals surface area contributed by atoms with Gasteiger partial charge in [-0.15, -0.1) is 0 Å². The van der Waals surface area contributed by atoms with Crippen molar-refractivity contribution in [1.29, 1.82) is 0 Å². The summed E-state index contributed by atoms with van der Waals surface area (Å²) >= 11 is 0. The molecule has 0 spiro atoms. The number of hydrogen-bond acceptors (Lipinski definition) is 15. The number of rotatable bonds is 67. The Kier molecular flexibility index (Phi) is 60.0. The van der Waals surface area contributed by atoms with Crippen molar-refractivity contribution in [3.05, 3.63) is 24.3 Å². The van der Waals surface area contributed by atoms with Gasteiger partial charge in [0.05, 0.1) is 26.4 Å². The van der Waals surface area contributed by atoms with Crippen LogP contribution in [0.1, 0.15) is 330 Å². The van der Waals surface area contributed by atoms with E-state index in [-0.39, 0.29) is 25.7 Å². The molecule has 0 aliphatic heterocycles. The lowest BCUT2D eigenvalue weighted by Crippen LogP contribution is -2.30. The Morgan fingerprint density at radius 1 is 0.371 bits per heavy atom. The molecule has 17 nitrogen and oxygen atoms in total. The van der Waals surface area contributed by atoms with Crippen LogP contribution in [0.25, 0.3) is 0 Å². The van der Waals surface area contributed by atoms with Gasteiger partial charge in [0, 0.05) is 25.7 Å². The molecule has 0 saturated carbocycles. The van der Waals surface area contributed by atoms with Crippen molar-refractivity contribution in [2.75, 3.05) is 39.6 Å². The number of esters is 4. The highest BCUT2D eigenvalue weighted by Crippen LogP contribution is 2.45. The zero-order valence-corrected chi connectivity index (χ0v) is 59.0. The molecule has 3 unspecified atom stereocenters. The fourth-order valence-electron chi connectivity index (χ4n) is 10.0. The van der Waals surface area contributed by atoms with Crippen LogP contribution in [0.2, 0.25) is 0 Å². The third-order valence-corrected chi connectivity index (χ3v) is 17.8. The average molecular weight is 1310 g/mol.